The minimum absolute atomic E-state index is 0.520. The topological polar surface area (TPSA) is 12.0 Å². The molecule has 1 N–H and O–H groups in total. The van der Waals surface area contributed by atoms with Crippen molar-refractivity contribution in [1.29, 1.82) is 0 Å². The second kappa shape index (κ2) is 8.13. The maximum absolute atomic E-state index is 3.60. The molecule has 0 spiro atoms. The third-order valence-corrected chi connectivity index (χ3v) is 4.69. The van der Waals surface area contributed by atoms with Crippen LogP contribution in [0, 0.1) is 6.92 Å². The smallest absolute Gasteiger partial charge is 0.0201 e. The van der Waals surface area contributed by atoms with Crippen molar-refractivity contribution in [2.75, 3.05) is 12.3 Å². The average Bonchev–Trinajstić information content (AvgIpc) is 2.47. The lowest BCUT2D eigenvalue weighted by molar-refractivity contribution is 0.572. The Balaban J connectivity index is 1.94. The minimum Gasteiger partial charge on any atom is -0.313 e. The molecule has 20 heavy (non-hydrogen) atoms. The molecule has 0 fully saturated rings. The summed E-state index contributed by atoms with van der Waals surface area (Å²) >= 11 is 1.95. The first-order valence-electron chi connectivity index (χ1n) is 7.25. The molecule has 0 saturated carbocycles. The number of aryl methyl sites for hydroxylation is 1. The highest BCUT2D eigenvalue weighted by Gasteiger charge is 2.09. The molecule has 0 aromatic heterocycles. The van der Waals surface area contributed by atoms with Gasteiger partial charge in [-0.1, -0.05) is 55.5 Å². The van der Waals surface area contributed by atoms with Gasteiger partial charge in [0.25, 0.3) is 0 Å². The van der Waals surface area contributed by atoms with Gasteiger partial charge in [0.15, 0.2) is 0 Å². The molecule has 0 radical (unpaired) electrons. The highest BCUT2D eigenvalue weighted by atomic mass is 32.2. The van der Waals surface area contributed by atoms with Crippen molar-refractivity contribution in [2.45, 2.75) is 31.2 Å². The van der Waals surface area contributed by atoms with E-state index in [-0.39, 0.29) is 0 Å². The summed E-state index contributed by atoms with van der Waals surface area (Å²) in [7, 11) is 0. The second-order valence-corrected chi connectivity index (χ2v) is 6.08. The summed E-state index contributed by atoms with van der Waals surface area (Å²) in [6.07, 6.45) is 1.09. The van der Waals surface area contributed by atoms with Gasteiger partial charge in [-0.15, -0.1) is 11.8 Å². The minimum atomic E-state index is 0.520. The lowest BCUT2D eigenvalue weighted by Crippen LogP contribution is -2.33. The lowest BCUT2D eigenvalue weighted by atomic mass is 10.1. The van der Waals surface area contributed by atoms with Crippen molar-refractivity contribution in [3.63, 3.8) is 0 Å². The number of hydrogen-bond acceptors (Lipinski definition) is 2. The first-order valence-corrected chi connectivity index (χ1v) is 8.24. The van der Waals surface area contributed by atoms with Gasteiger partial charge < -0.3 is 5.32 Å². The van der Waals surface area contributed by atoms with Crippen molar-refractivity contribution in [3.05, 3.63) is 65.7 Å². The van der Waals surface area contributed by atoms with Crippen LogP contribution in [0.4, 0.5) is 0 Å². The molecule has 0 aliphatic rings. The van der Waals surface area contributed by atoms with Crippen LogP contribution < -0.4 is 5.32 Å². The van der Waals surface area contributed by atoms with E-state index in [9.17, 15) is 0 Å². The van der Waals surface area contributed by atoms with Gasteiger partial charge in [-0.2, -0.15) is 0 Å². The number of rotatable bonds is 7. The average molecular weight is 285 g/mol. The van der Waals surface area contributed by atoms with Crippen molar-refractivity contribution in [2.24, 2.45) is 0 Å². The Morgan fingerprint density at radius 2 is 1.70 bits per heavy atom. The Morgan fingerprint density at radius 1 is 1.00 bits per heavy atom. The Morgan fingerprint density at radius 3 is 2.40 bits per heavy atom. The predicted molar refractivity (Wildman–Crippen MR) is 89.5 cm³/mol. The highest BCUT2D eigenvalue weighted by Crippen LogP contribution is 2.23. The van der Waals surface area contributed by atoms with Crippen LogP contribution >= 0.6 is 11.8 Å². The monoisotopic (exact) mass is 285 g/mol. The molecule has 1 nitrogen and oxygen atoms in total. The van der Waals surface area contributed by atoms with Crippen LogP contribution in [0.15, 0.2) is 59.5 Å². The van der Waals surface area contributed by atoms with Crippen LogP contribution in [0.5, 0.6) is 0 Å². The van der Waals surface area contributed by atoms with Crippen molar-refractivity contribution >= 4 is 11.8 Å². The molecule has 0 amide bonds. The molecule has 1 unspecified atom stereocenters. The van der Waals surface area contributed by atoms with Crippen LogP contribution in [-0.4, -0.2) is 18.3 Å². The Kier molecular flexibility index (Phi) is 6.16. The molecule has 2 aromatic carbocycles. The fourth-order valence-corrected chi connectivity index (χ4v) is 3.37. The van der Waals surface area contributed by atoms with E-state index >= 15 is 0 Å². The lowest BCUT2D eigenvalue weighted by Gasteiger charge is -2.18. The standard InChI is InChI=1S/C18H23NS/c1-3-19-17(13-16-10-5-4-6-11-16)14-20-18-12-8-7-9-15(18)2/h4-12,17,19H,3,13-14H2,1-2H3. The molecule has 2 rings (SSSR count). The van der Waals surface area contributed by atoms with Gasteiger partial charge in [0.05, 0.1) is 0 Å². The fourth-order valence-electron chi connectivity index (χ4n) is 2.29. The van der Waals surface area contributed by atoms with E-state index in [0.717, 1.165) is 18.7 Å². The summed E-state index contributed by atoms with van der Waals surface area (Å²) in [6, 6.07) is 19.9. The van der Waals surface area contributed by atoms with E-state index in [2.05, 4.69) is 73.8 Å². The summed E-state index contributed by atoms with van der Waals surface area (Å²) in [4.78, 5) is 1.39. The maximum Gasteiger partial charge on any atom is 0.0201 e. The molecule has 2 heteroatoms. The SMILES string of the molecule is CCNC(CSc1ccccc1C)Cc1ccccc1. The van der Waals surface area contributed by atoms with E-state index in [1.54, 1.807) is 0 Å². The fraction of sp³-hybridized carbons (Fsp3) is 0.333. The molecule has 0 aliphatic heterocycles. The molecule has 2 aromatic rings. The van der Waals surface area contributed by atoms with Gasteiger partial charge in [-0.3, -0.25) is 0 Å². The zero-order valence-electron chi connectivity index (χ0n) is 12.3. The molecular formula is C18H23NS. The van der Waals surface area contributed by atoms with Crippen LogP contribution in [-0.2, 0) is 6.42 Å². The van der Waals surface area contributed by atoms with E-state index in [1.165, 1.54) is 16.0 Å². The van der Waals surface area contributed by atoms with Gasteiger partial charge in [-0.25, -0.2) is 0 Å². The quantitative estimate of drug-likeness (QED) is 0.761. The summed E-state index contributed by atoms with van der Waals surface area (Å²) < 4.78 is 0. The summed E-state index contributed by atoms with van der Waals surface area (Å²) in [6.45, 7) is 5.38. The predicted octanol–water partition coefficient (Wildman–Crippen LogP) is 4.31. The Bertz CT molecular complexity index is 510. The van der Waals surface area contributed by atoms with E-state index < -0.39 is 0 Å². The molecule has 0 aliphatic carbocycles. The number of hydrogen-bond donors (Lipinski definition) is 1. The van der Waals surface area contributed by atoms with Gasteiger partial charge in [-0.05, 0) is 37.1 Å². The Hall–Kier alpha value is -1.25. The highest BCUT2D eigenvalue weighted by molar-refractivity contribution is 7.99. The largest absolute Gasteiger partial charge is 0.313 e. The van der Waals surface area contributed by atoms with E-state index in [1.807, 2.05) is 11.8 Å². The van der Waals surface area contributed by atoms with Crippen molar-refractivity contribution in [1.82, 2.24) is 5.32 Å². The van der Waals surface area contributed by atoms with Crippen LogP contribution in [0.3, 0.4) is 0 Å². The van der Waals surface area contributed by atoms with Crippen molar-refractivity contribution < 1.29 is 0 Å². The zero-order valence-corrected chi connectivity index (χ0v) is 13.1. The van der Waals surface area contributed by atoms with Crippen molar-refractivity contribution in [3.8, 4) is 0 Å². The zero-order chi connectivity index (χ0) is 14.2. The molecule has 0 bridgehead atoms. The molecule has 1 atom stereocenters. The molecular weight excluding hydrogens is 262 g/mol. The first kappa shape index (κ1) is 15.1. The molecule has 0 saturated heterocycles. The molecule has 106 valence electrons. The van der Waals surface area contributed by atoms with Gasteiger partial charge >= 0.3 is 0 Å². The van der Waals surface area contributed by atoms with Crippen LogP contribution in [0.2, 0.25) is 0 Å². The third kappa shape index (κ3) is 4.69. The molecule has 0 heterocycles. The number of nitrogens with one attached hydrogen (secondary N) is 1. The third-order valence-electron chi connectivity index (χ3n) is 3.35. The number of likely N-dealkylation sites (N-methyl/N-ethyl adjacent to an activating group) is 1. The second-order valence-electron chi connectivity index (χ2n) is 5.02. The number of benzene rings is 2. The first-order chi connectivity index (χ1) is 9.79. The maximum atomic E-state index is 3.60. The van der Waals surface area contributed by atoms with Gasteiger partial charge in [0.1, 0.15) is 0 Å². The summed E-state index contributed by atoms with van der Waals surface area (Å²) in [5, 5.41) is 3.60. The normalized spacial score (nSPS) is 12.3. The summed E-state index contributed by atoms with van der Waals surface area (Å²) in [5.74, 6) is 1.10. The van der Waals surface area contributed by atoms with E-state index in [0.29, 0.717) is 6.04 Å². The summed E-state index contributed by atoms with van der Waals surface area (Å²) in [5.41, 5.74) is 2.77. The Labute approximate surface area is 126 Å². The van der Waals surface area contributed by atoms with Crippen LogP contribution in [0.1, 0.15) is 18.1 Å². The number of thioether (sulfide) groups is 1. The van der Waals surface area contributed by atoms with Crippen LogP contribution in [0.25, 0.3) is 0 Å². The van der Waals surface area contributed by atoms with Gasteiger partial charge in [0.2, 0.25) is 0 Å². The van der Waals surface area contributed by atoms with Gasteiger partial charge in [0, 0.05) is 16.7 Å². The van der Waals surface area contributed by atoms with E-state index in [4.69, 9.17) is 0 Å².